The average molecular weight is 374 g/mol. The Labute approximate surface area is 159 Å². The van der Waals surface area contributed by atoms with Gasteiger partial charge >= 0.3 is 6.03 Å². The molecule has 2 heterocycles. The first-order valence-electron chi connectivity index (χ1n) is 9.32. The van der Waals surface area contributed by atoms with Gasteiger partial charge in [-0.15, -0.1) is 0 Å². The maximum Gasteiger partial charge on any atom is 0.317 e. The van der Waals surface area contributed by atoms with Crippen molar-refractivity contribution in [2.45, 2.75) is 26.3 Å². The summed E-state index contributed by atoms with van der Waals surface area (Å²) in [7, 11) is 0. The van der Waals surface area contributed by atoms with Crippen molar-refractivity contribution < 1.29 is 19.1 Å². The van der Waals surface area contributed by atoms with Crippen molar-refractivity contribution in [3.63, 3.8) is 0 Å². The highest BCUT2D eigenvalue weighted by atomic mass is 16.5. The van der Waals surface area contributed by atoms with Gasteiger partial charge in [-0.25, -0.2) is 4.79 Å². The van der Waals surface area contributed by atoms with Gasteiger partial charge in [0.15, 0.2) is 0 Å². The highest BCUT2D eigenvalue weighted by Crippen LogP contribution is 2.24. The highest BCUT2D eigenvalue weighted by Gasteiger charge is 2.33. The quantitative estimate of drug-likeness (QED) is 0.855. The fourth-order valence-electron chi connectivity index (χ4n) is 3.43. The zero-order valence-electron chi connectivity index (χ0n) is 15.8. The molecule has 0 aromatic heterocycles. The number of nitrogens with one attached hydrogen (secondary N) is 1. The van der Waals surface area contributed by atoms with Gasteiger partial charge in [0.05, 0.1) is 12.6 Å². The Morgan fingerprint density at radius 2 is 1.74 bits per heavy atom. The van der Waals surface area contributed by atoms with Gasteiger partial charge in [-0.1, -0.05) is 0 Å². The van der Waals surface area contributed by atoms with E-state index in [9.17, 15) is 14.4 Å². The number of benzene rings is 1. The lowest BCUT2D eigenvalue weighted by Gasteiger charge is -2.34. The molecular formula is C19H26N4O4. The predicted octanol–water partition coefficient (Wildman–Crippen LogP) is 1.06. The number of amides is 4. The van der Waals surface area contributed by atoms with Crippen molar-refractivity contribution >= 4 is 23.5 Å². The zero-order valence-corrected chi connectivity index (χ0v) is 15.8. The van der Waals surface area contributed by atoms with Crippen LogP contribution in [0.3, 0.4) is 0 Å². The number of hydrogen-bond donors (Lipinski definition) is 1. The summed E-state index contributed by atoms with van der Waals surface area (Å²) in [5.74, 6) is 0.788. The number of rotatable bonds is 4. The molecule has 27 heavy (non-hydrogen) atoms. The maximum atomic E-state index is 12.5. The Balaban J connectivity index is 1.53. The molecule has 0 spiro atoms. The monoisotopic (exact) mass is 374 g/mol. The summed E-state index contributed by atoms with van der Waals surface area (Å²) < 4.78 is 5.42. The predicted molar refractivity (Wildman–Crippen MR) is 101 cm³/mol. The minimum Gasteiger partial charge on any atom is -0.494 e. The van der Waals surface area contributed by atoms with E-state index in [4.69, 9.17) is 4.74 Å². The van der Waals surface area contributed by atoms with Crippen LogP contribution in [0.4, 0.5) is 10.5 Å². The van der Waals surface area contributed by atoms with E-state index in [1.807, 2.05) is 31.2 Å². The van der Waals surface area contributed by atoms with E-state index in [0.29, 0.717) is 39.3 Å². The Kier molecular flexibility index (Phi) is 5.83. The Morgan fingerprint density at radius 1 is 1.11 bits per heavy atom. The molecule has 1 N–H and O–H groups in total. The maximum absolute atomic E-state index is 12.5. The van der Waals surface area contributed by atoms with Crippen LogP contribution in [0.1, 0.15) is 20.3 Å². The lowest BCUT2D eigenvalue weighted by molar-refractivity contribution is -0.130. The third kappa shape index (κ3) is 4.50. The topological polar surface area (TPSA) is 82.2 Å². The van der Waals surface area contributed by atoms with Crippen molar-refractivity contribution in [3.05, 3.63) is 24.3 Å². The summed E-state index contributed by atoms with van der Waals surface area (Å²) in [4.78, 5) is 41.3. The molecule has 0 saturated carbocycles. The largest absolute Gasteiger partial charge is 0.494 e. The van der Waals surface area contributed by atoms with E-state index in [0.717, 1.165) is 11.4 Å². The van der Waals surface area contributed by atoms with Crippen LogP contribution in [0.15, 0.2) is 24.3 Å². The van der Waals surface area contributed by atoms with Gasteiger partial charge in [0.1, 0.15) is 5.75 Å². The number of carbonyl (C=O) groups excluding carboxylic acids is 3. The molecule has 8 nitrogen and oxygen atoms in total. The van der Waals surface area contributed by atoms with Crippen LogP contribution in [0.25, 0.3) is 0 Å². The van der Waals surface area contributed by atoms with Gasteiger partial charge in [-0.2, -0.15) is 0 Å². The van der Waals surface area contributed by atoms with E-state index >= 15 is 0 Å². The molecule has 0 unspecified atom stereocenters. The third-order valence-electron chi connectivity index (χ3n) is 4.92. The fraction of sp³-hybridized carbons (Fsp3) is 0.526. The van der Waals surface area contributed by atoms with E-state index in [1.54, 1.807) is 14.7 Å². The third-order valence-corrected chi connectivity index (χ3v) is 4.92. The minimum atomic E-state index is -0.220. The van der Waals surface area contributed by atoms with Crippen molar-refractivity contribution in [1.29, 1.82) is 0 Å². The molecule has 2 fully saturated rings. The first-order valence-corrected chi connectivity index (χ1v) is 9.32. The highest BCUT2D eigenvalue weighted by molar-refractivity contribution is 5.96. The number of piperazine rings is 1. The molecule has 2 saturated heterocycles. The summed E-state index contributed by atoms with van der Waals surface area (Å²) >= 11 is 0. The molecule has 0 radical (unpaired) electrons. The van der Waals surface area contributed by atoms with Gasteiger partial charge < -0.3 is 24.8 Å². The average Bonchev–Trinajstić information content (AvgIpc) is 3.02. The Morgan fingerprint density at radius 3 is 2.33 bits per heavy atom. The molecule has 1 atom stereocenters. The Hall–Kier alpha value is -2.77. The van der Waals surface area contributed by atoms with Crippen molar-refractivity contribution in [3.8, 4) is 5.75 Å². The second-order valence-corrected chi connectivity index (χ2v) is 6.77. The summed E-state index contributed by atoms with van der Waals surface area (Å²) in [6.45, 7) is 6.61. The molecule has 0 aliphatic carbocycles. The first-order chi connectivity index (χ1) is 13.0. The number of anilines is 1. The fourth-order valence-corrected chi connectivity index (χ4v) is 3.43. The van der Waals surface area contributed by atoms with Crippen LogP contribution in [0.2, 0.25) is 0 Å². The standard InChI is InChI=1S/C19H26N4O4/c1-3-27-17-6-4-16(5-7-17)23-13-15(12-18(23)25)20-19(26)22-10-8-21(9-11-22)14(2)24/h4-7,15H,3,8-13H2,1-2H3,(H,20,26)/t15-/m1/s1. The number of carbonyl (C=O) groups is 3. The number of hydrogen-bond acceptors (Lipinski definition) is 4. The van der Waals surface area contributed by atoms with Gasteiger partial charge in [0.2, 0.25) is 11.8 Å². The SMILES string of the molecule is CCOc1ccc(N2C[C@H](NC(=O)N3CCN(C(C)=O)CC3)CC2=O)cc1. The van der Waals surface area contributed by atoms with Gasteiger partial charge in [-0.05, 0) is 31.2 Å². The molecule has 8 heteroatoms. The lowest BCUT2D eigenvalue weighted by atomic mass is 10.2. The number of urea groups is 1. The Bertz CT molecular complexity index is 698. The molecule has 3 rings (SSSR count). The van der Waals surface area contributed by atoms with Gasteiger partial charge in [-0.3, -0.25) is 9.59 Å². The van der Waals surface area contributed by atoms with E-state index in [1.165, 1.54) is 6.92 Å². The van der Waals surface area contributed by atoms with Crippen LogP contribution in [0, 0.1) is 0 Å². The van der Waals surface area contributed by atoms with Crippen molar-refractivity contribution in [1.82, 2.24) is 15.1 Å². The van der Waals surface area contributed by atoms with Gasteiger partial charge in [0.25, 0.3) is 0 Å². The molecule has 1 aromatic carbocycles. The number of nitrogens with zero attached hydrogens (tertiary/aromatic N) is 3. The van der Waals surface area contributed by atoms with Gasteiger partial charge in [0, 0.05) is 51.8 Å². The minimum absolute atomic E-state index is 0.00846. The summed E-state index contributed by atoms with van der Waals surface area (Å²) in [5.41, 5.74) is 0.801. The van der Waals surface area contributed by atoms with Crippen LogP contribution < -0.4 is 15.0 Å². The molecule has 146 valence electrons. The summed E-state index contributed by atoms with van der Waals surface area (Å²) in [6.07, 6.45) is 0.284. The van der Waals surface area contributed by atoms with Crippen molar-refractivity contribution in [2.75, 3.05) is 44.2 Å². The first kappa shape index (κ1) is 19.0. The molecule has 2 aliphatic heterocycles. The molecular weight excluding hydrogens is 348 g/mol. The lowest BCUT2D eigenvalue weighted by Crippen LogP contribution is -2.54. The second kappa shape index (κ2) is 8.28. The van der Waals surface area contributed by atoms with Crippen LogP contribution in [-0.4, -0.2) is 73.0 Å². The second-order valence-electron chi connectivity index (χ2n) is 6.77. The smallest absolute Gasteiger partial charge is 0.317 e. The van der Waals surface area contributed by atoms with E-state index < -0.39 is 0 Å². The molecule has 1 aromatic rings. The van der Waals surface area contributed by atoms with Crippen LogP contribution in [0.5, 0.6) is 5.75 Å². The normalized spacial score (nSPS) is 20.0. The van der Waals surface area contributed by atoms with E-state index in [2.05, 4.69) is 5.32 Å². The zero-order chi connectivity index (χ0) is 19.4. The number of ether oxygens (including phenoxy) is 1. The van der Waals surface area contributed by atoms with Crippen LogP contribution in [-0.2, 0) is 9.59 Å². The van der Waals surface area contributed by atoms with E-state index in [-0.39, 0.29) is 30.3 Å². The molecule has 0 bridgehead atoms. The van der Waals surface area contributed by atoms with Crippen molar-refractivity contribution in [2.24, 2.45) is 0 Å². The molecule has 2 aliphatic rings. The summed E-state index contributed by atoms with van der Waals surface area (Å²) in [6, 6.07) is 6.99. The van der Waals surface area contributed by atoms with Crippen LogP contribution >= 0.6 is 0 Å². The summed E-state index contributed by atoms with van der Waals surface area (Å²) in [5, 5.41) is 2.95. The molecule has 4 amide bonds.